The van der Waals surface area contributed by atoms with Crippen molar-refractivity contribution in [3.8, 4) is 22.9 Å². The first-order valence-corrected chi connectivity index (χ1v) is 7.91. The molecule has 2 aromatic rings. The van der Waals surface area contributed by atoms with Crippen LogP contribution in [0.3, 0.4) is 0 Å². The van der Waals surface area contributed by atoms with Crippen molar-refractivity contribution in [3.05, 3.63) is 79.4 Å². The van der Waals surface area contributed by atoms with Gasteiger partial charge in [-0.15, -0.1) is 13.2 Å². The molecule has 2 rings (SSSR count). The number of ether oxygens (including phenoxy) is 1. The summed E-state index contributed by atoms with van der Waals surface area (Å²) in [5.74, 6) is 0.513. The van der Waals surface area contributed by atoms with Gasteiger partial charge in [-0.05, 0) is 35.4 Å². The van der Waals surface area contributed by atoms with Crippen LogP contribution in [0, 0.1) is 11.3 Å². The number of carbonyl (C=O) groups is 1. The summed E-state index contributed by atoms with van der Waals surface area (Å²) in [6, 6.07) is 17.0. The molecule has 0 N–H and O–H groups in total. The largest absolute Gasteiger partial charge is 0.484 e. The Morgan fingerprint density at radius 3 is 2.00 bits per heavy atom. The van der Waals surface area contributed by atoms with Crippen LogP contribution in [-0.4, -0.2) is 30.5 Å². The molecule has 0 aromatic heterocycles. The minimum Gasteiger partial charge on any atom is -0.484 e. The third-order valence-electron chi connectivity index (χ3n) is 3.62. The van der Waals surface area contributed by atoms with Gasteiger partial charge in [0.25, 0.3) is 5.91 Å². The molecule has 0 aliphatic carbocycles. The lowest BCUT2D eigenvalue weighted by molar-refractivity contribution is -0.132. The second-order valence-corrected chi connectivity index (χ2v) is 5.38. The number of amides is 1. The SMILES string of the molecule is C=CCN(CC=C)C(=O)COc1ccc(-c2ccc(C#N)cc2)cc1. The predicted molar refractivity (Wildman–Crippen MR) is 99.1 cm³/mol. The van der Waals surface area contributed by atoms with E-state index in [0.29, 0.717) is 24.4 Å². The first kappa shape index (κ1) is 18.0. The maximum absolute atomic E-state index is 12.1. The molecule has 0 bridgehead atoms. The highest BCUT2D eigenvalue weighted by Gasteiger charge is 2.11. The van der Waals surface area contributed by atoms with E-state index in [1.54, 1.807) is 29.2 Å². The Bertz CT molecular complexity index is 761. The summed E-state index contributed by atoms with van der Waals surface area (Å²) in [5.41, 5.74) is 2.67. The summed E-state index contributed by atoms with van der Waals surface area (Å²) in [6.45, 7) is 8.19. The number of benzene rings is 2. The van der Waals surface area contributed by atoms with E-state index in [-0.39, 0.29) is 12.5 Å². The number of hydrogen-bond donors (Lipinski definition) is 0. The Morgan fingerprint density at radius 1 is 1.00 bits per heavy atom. The fourth-order valence-electron chi connectivity index (χ4n) is 2.31. The Balaban J connectivity index is 1.97. The molecule has 0 saturated heterocycles. The maximum Gasteiger partial charge on any atom is 0.261 e. The van der Waals surface area contributed by atoms with Gasteiger partial charge in [0.1, 0.15) is 5.75 Å². The Labute approximate surface area is 148 Å². The van der Waals surface area contributed by atoms with Crippen LogP contribution in [0.4, 0.5) is 0 Å². The monoisotopic (exact) mass is 332 g/mol. The zero-order valence-electron chi connectivity index (χ0n) is 14.0. The van der Waals surface area contributed by atoms with Gasteiger partial charge in [-0.3, -0.25) is 4.79 Å². The van der Waals surface area contributed by atoms with Crippen LogP contribution in [0.5, 0.6) is 5.75 Å². The number of nitrogens with zero attached hydrogens (tertiary/aromatic N) is 2. The maximum atomic E-state index is 12.1. The van der Waals surface area contributed by atoms with Crippen LogP contribution >= 0.6 is 0 Å². The Morgan fingerprint density at radius 2 is 1.52 bits per heavy atom. The smallest absolute Gasteiger partial charge is 0.261 e. The van der Waals surface area contributed by atoms with Crippen LogP contribution in [-0.2, 0) is 4.79 Å². The van der Waals surface area contributed by atoms with Crippen molar-refractivity contribution in [2.45, 2.75) is 0 Å². The van der Waals surface area contributed by atoms with Gasteiger partial charge < -0.3 is 9.64 Å². The summed E-state index contributed by atoms with van der Waals surface area (Å²) in [5, 5.41) is 8.84. The lowest BCUT2D eigenvalue weighted by atomic mass is 10.0. The van der Waals surface area contributed by atoms with Crippen LogP contribution in [0.25, 0.3) is 11.1 Å². The van der Waals surface area contributed by atoms with Crippen molar-refractivity contribution >= 4 is 5.91 Å². The van der Waals surface area contributed by atoms with E-state index < -0.39 is 0 Å². The van der Waals surface area contributed by atoms with Crippen molar-refractivity contribution in [1.82, 2.24) is 4.90 Å². The Hall–Kier alpha value is -3.32. The molecule has 0 unspecified atom stereocenters. The van der Waals surface area contributed by atoms with Crippen LogP contribution in [0.1, 0.15) is 5.56 Å². The molecule has 4 nitrogen and oxygen atoms in total. The van der Waals surface area contributed by atoms with Gasteiger partial charge in [0, 0.05) is 13.1 Å². The summed E-state index contributed by atoms with van der Waals surface area (Å²) >= 11 is 0. The van der Waals surface area contributed by atoms with Gasteiger partial charge in [-0.2, -0.15) is 5.26 Å². The van der Waals surface area contributed by atoms with Crippen molar-refractivity contribution in [2.75, 3.05) is 19.7 Å². The molecule has 25 heavy (non-hydrogen) atoms. The molecule has 0 saturated carbocycles. The molecule has 1 amide bonds. The second kappa shape index (κ2) is 9.09. The molecule has 2 aromatic carbocycles. The molecule has 0 spiro atoms. The van der Waals surface area contributed by atoms with Gasteiger partial charge in [-0.1, -0.05) is 36.4 Å². The number of rotatable bonds is 8. The zero-order valence-corrected chi connectivity index (χ0v) is 14.0. The van der Waals surface area contributed by atoms with E-state index in [1.165, 1.54) is 0 Å². The molecular weight excluding hydrogens is 312 g/mol. The van der Waals surface area contributed by atoms with Crippen LogP contribution < -0.4 is 4.74 Å². The highest BCUT2D eigenvalue weighted by Crippen LogP contribution is 2.22. The van der Waals surface area contributed by atoms with Crippen molar-refractivity contribution < 1.29 is 9.53 Å². The lowest BCUT2D eigenvalue weighted by Crippen LogP contribution is -2.35. The average molecular weight is 332 g/mol. The first-order valence-electron chi connectivity index (χ1n) is 7.91. The van der Waals surface area contributed by atoms with E-state index in [4.69, 9.17) is 10.00 Å². The van der Waals surface area contributed by atoms with Crippen molar-refractivity contribution in [1.29, 1.82) is 5.26 Å². The van der Waals surface area contributed by atoms with E-state index >= 15 is 0 Å². The second-order valence-electron chi connectivity index (χ2n) is 5.38. The van der Waals surface area contributed by atoms with Crippen LogP contribution in [0.2, 0.25) is 0 Å². The summed E-state index contributed by atoms with van der Waals surface area (Å²) in [7, 11) is 0. The molecule has 0 atom stereocenters. The minimum absolute atomic E-state index is 0.0299. The third kappa shape index (κ3) is 5.08. The topological polar surface area (TPSA) is 53.3 Å². The molecule has 126 valence electrons. The average Bonchev–Trinajstić information content (AvgIpc) is 2.66. The lowest BCUT2D eigenvalue weighted by Gasteiger charge is -2.19. The van der Waals surface area contributed by atoms with Gasteiger partial charge in [0.05, 0.1) is 11.6 Å². The molecule has 0 aliphatic heterocycles. The fraction of sp³-hybridized carbons (Fsp3) is 0.143. The zero-order chi connectivity index (χ0) is 18.1. The molecule has 4 heteroatoms. The number of nitriles is 1. The molecule has 0 fully saturated rings. The summed E-state index contributed by atoms with van der Waals surface area (Å²) in [6.07, 6.45) is 3.35. The van der Waals surface area contributed by atoms with Crippen molar-refractivity contribution in [2.24, 2.45) is 0 Å². The molecule has 0 heterocycles. The van der Waals surface area contributed by atoms with E-state index in [0.717, 1.165) is 11.1 Å². The highest BCUT2D eigenvalue weighted by molar-refractivity contribution is 5.78. The van der Waals surface area contributed by atoms with Gasteiger partial charge in [-0.25, -0.2) is 0 Å². The normalized spacial score (nSPS) is 9.72. The number of carbonyl (C=O) groups excluding carboxylic acids is 1. The third-order valence-corrected chi connectivity index (χ3v) is 3.62. The van der Waals surface area contributed by atoms with Gasteiger partial charge >= 0.3 is 0 Å². The first-order chi connectivity index (χ1) is 12.2. The molecule has 0 aliphatic rings. The van der Waals surface area contributed by atoms with E-state index in [9.17, 15) is 4.79 Å². The summed E-state index contributed by atoms with van der Waals surface area (Å²) < 4.78 is 5.57. The molecule has 0 radical (unpaired) electrons. The fourth-order valence-corrected chi connectivity index (χ4v) is 2.31. The Kier molecular flexibility index (Phi) is 6.56. The predicted octanol–water partition coefficient (Wildman–Crippen LogP) is 3.80. The van der Waals surface area contributed by atoms with Crippen LogP contribution in [0.15, 0.2) is 73.8 Å². The molecular formula is C21H20N2O2. The highest BCUT2D eigenvalue weighted by atomic mass is 16.5. The minimum atomic E-state index is -0.115. The standard InChI is InChI=1S/C21H20N2O2/c1-3-13-23(14-4-2)21(24)16-25-20-11-9-19(10-12-20)18-7-5-17(15-22)6-8-18/h3-12H,1-2,13-14,16H2. The number of hydrogen-bond acceptors (Lipinski definition) is 3. The van der Waals surface area contributed by atoms with E-state index in [2.05, 4.69) is 19.2 Å². The van der Waals surface area contributed by atoms with Gasteiger partial charge in [0.2, 0.25) is 0 Å². The van der Waals surface area contributed by atoms with Gasteiger partial charge in [0.15, 0.2) is 6.61 Å². The quantitative estimate of drug-likeness (QED) is 0.691. The summed E-state index contributed by atoms with van der Waals surface area (Å²) in [4.78, 5) is 13.7. The van der Waals surface area contributed by atoms with E-state index in [1.807, 2.05) is 36.4 Å². The van der Waals surface area contributed by atoms with Crippen molar-refractivity contribution in [3.63, 3.8) is 0 Å².